The first kappa shape index (κ1) is 16.0. The van der Waals surface area contributed by atoms with Gasteiger partial charge in [-0.1, -0.05) is 17.7 Å². The lowest BCUT2D eigenvalue weighted by atomic mass is 10.2. The Hall–Kier alpha value is -1.92. The van der Waals surface area contributed by atoms with Gasteiger partial charge in [0.1, 0.15) is 11.0 Å². The Morgan fingerprint density at radius 2 is 2.04 bits per heavy atom. The van der Waals surface area contributed by atoms with Gasteiger partial charge in [0.2, 0.25) is 5.95 Å². The van der Waals surface area contributed by atoms with Crippen LogP contribution < -0.4 is 10.2 Å². The predicted molar refractivity (Wildman–Crippen MR) is 91.2 cm³/mol. The molecule has 1 fully saturated rings. The zero-order valence-corrected chi connectivity index (χ0v) is 13.9. The third-order valence-corrected chi connectivity index (χ3v) is 3.82. The van der Waals surface area contributed by atoms with E-state index in [9.17, 15) is 0 Å². The molecule has 122 valence electrons. The second-order valence-electron chi connectivity index (χ2n) is 5.42. The Balaban J connectivity index is 1.62. The van der Waals surface area contributed by atoms with Crippen molar-refractivity contribution in [3.05, 3.63) is 40.8 Å². The summed E-state index contributed by atoms with van der Waals surface area (Å²) in [5, 5.41) is 3.67. The summed E-state index contributed by atoms with van der Waals surface area (Å²) in [6, 6.07) is 7.82. The van der Waals surface area contributed by atoms with E-state index >= 15 is 0 Å². The van der Waals surface area contributed by atoms with Gasteiger partial charge in [0.05, 0.1) is 13.2 Å². The molecule has 7 heteroatoms. The lowest BCUT2D eigenvalue weighted by molar-refractivity contribution is 0.122. The topological polar surface area (TPSA) is 63.2 Å². The summed E-state index contributed by atoms with van der Waals surface area (Å²) in [7, 11) is 0. The Bertz CT molecular complexity index is 661. The normalized spacial score (nSPS) is 14.8. The Morgan fingerprint density at radius 1 is 1.22 bits per heavy atom. The molecule has 0 spiro atoms. The average Bonchev–Trinajstić information content (AvgIpc) is 2.55. The maximum Gasteiger partial charge on any atom is 0.226 e. The molecule has 1 aliphatic rings. The van der Waals surface area contributed by atoms with Gasteiger partial charge in [-0.05, 0) is 19.1 Å². The first-order valence-corrected chi connectivity index (χ1v) is 8.12. The molecule has 1 saturated heterocycles. The fraction of sp³-hybridized carbons (Fsp3) is 0.438. The second kappa shape index (κ2) is 7.57. The van der Waals surface area contributed by atoms with Crippen LogP contribution in [0.5, 0.6) is 0 Å². The molecular formula is C16H20ClN5O. The van der Waals surface area contributed by atoms with E-state index in [1.54, 1.807) is 6.07 Å². The maximum atomic E-state index is 6.12. The monoisotopic (exact) mass is 333 g/mol. The van der Waals surface area contributed by atoms with Crippen molar-refractivity contribution < 1.29 is 4.74 Å². The highest BCUT2D eigenvalue weighted by molar-refractivity contribution is 6.29. The molecule has 0 radical (unpaired) electrons. The lowest BCUT2D eigenvalue weighted by Crippen LogP contribution is -2.36. The third-order valence-electron chi connectivity index (χ3n) is 3.63. The molecule has 0 saturated carbocycles. The van der Waals surface area contributed by atoms with Crippen LogP contribution in [0.1, 0.15) is 11.4 Å². The first-order valence-electron chi connectivity index (χ1n) is 7.74. The Labute approximate surface area is 140 Å². The third kappa shape index (κ3) is 4.53. The molecule has 2 aromatic heterocycles. The number of aromatic nitrogens is 3. The average molecular weight is 334 g/mol. The van der Waals surface area contributed by atoms with Crippen LogP contribution >= 0.6 is 11.6 Å². The number of hydrogen-bond acceptors (Lipinski definition) is 6. The quantitative estimate of drug-likeness (QED) is 0.847. The molecular weight excluding hydrogens is 314 g/mol. The van der Waals surface area contributed by atoms with Gasteiger partial charge in [-0.2, -0.15) is 4.98 Å². The van der Waals surface area contributed by atoms with Crippen molar-refractivity contribution in [2.24, 2.45) is 0 Å². The number of halogens is 1. The van der Waals surface area contributed by atoms with E-state index in [2.05, 4.69) is 25.2 Å². The van der Waals surface area contributed by atoms with Gasteiger partial charge in [-0.3, -0.25) is 4.98 Å². The van der Waals surface area contributed by atoms with Crippen LogP contribution in [0.15, 0.2) is 24.3 Å². The largest absolute Gasteiger partial charge is 0.378 e. The Kier molecular flexibility index (Phi) is 5.25. The number of rotatable bonds is 5. The van der Waals surface area contributed by atoms with Crippen molar-refractivity contribution in [1.82, 2.24) is 15.0 Å². The fourth-order valence-electron chi connectivity index (χ4n) is 2.48. The van der Waals surface area contributed by atoms with E-state index in [1.807, 2.05) is 25.1 Å². The molecule has 0 bridgehead atoms. The minimum atomic E-state index is 0.442. The van der Waals surface area contributed by atoms with Gasteiger partial charge >= 0.3 is 0 Å². The van der Waals surface area contributed by atoms with Gasteiger partial charge in [0, 0.05) is 43.5 Å². The number of nitrogens with zero attached hydrogens (tertiary/aromatic N) is 4. The molecule has 0 aliphatic carbocycles. The summed E-state index contributed by atoms with van der Waals surface area (Å²) in [6.07, 6.45) is 0.810. The van der Waals surface area contributed by atoms with E-state index < -0.39 is 0 Å². The predicted octanol–water partition coefficient (Wildman–Crippen LogP) is 2.32. The zero-order chi connectivity index (χ0) is 16.1. The van der Waals surface area contributed by atoms with E-state index in [-0.39, 0.29) is 0 Å². The second-order valence-corrected chi connectivity index (χ2v) is 5.81. The summed E-state index contributed by atoms with van der Waals surface area (Å²) < 4.78 is 5.36. The van der Waals surface area contributed by atoms with Gasteiger partial charge in [0.15, 0.2) is 0 Å². The van der Waals surface area contributed by atoms with E-state index in [1.165, 1.54) is 0 Å². The van der Waals surface area contributed by atoms with Gasteiger partial charge in [-0.15, -0.1) is 0 Å². The highest BCUT2D eigenvalue weighted by Crippen LogP contribution is 2.19. The van der Waals surface area contributed by atoms with Crippen molar-refractivity contribution in [2.75, 3.05) is 43.1 Å². The van der Waals surface area contributed by atoms with E-state index in [0.717, 1.165) is 36.7 Å². The van der Waals surface area contributed by atoms with Crippen LogP contribution in [0.2, 0.25) is 5.15 Å². The molecule has 3 rings (SSSR count). The number of pyridine rings is 1. The minimum absolute atomic E-state index is 0.442. The number of aryl methyl sites for hydroxylation is 1. The van der Waals surface area contributed by atoms with Crippen molar-refractivity contribution in [1.29, 1.82) is 0 Å². The molecule has 23 heavy (non-hydrogen) atoms. The Morgan fingerprint density at radius 3 is 2.83 bits per heavy atom. The fourth-order valence-corrected chi connectivity index (χ4v) is 2.66. The van der Waals surface area contributed by atoms with Gasteiger partial charge in [0.25, 0.3) is 0 Å². The van der Waals surface area contributed by atoms with Crippen molar-refractivity contribution in [3.63, 3.8) is 0 Å². The highest BCUT2D eigenvalue weighted by atomic mass is 35.5. The minimum Gasteiger partial charge on any atom is -0.378 e. The lowest BCUT2D eigenvalue weighted by Gasteiger charge is -2.28. The molecule has 1 aliphatic heterocycles. The summed E-state index contributed by atoms with van der Waals surface area (Å²) in [6.45, 7) is 5.76. The molecule has 0 atom stereocenters. The van der Waals surface area contributed by atoms with Crippen LogP contribution in [0.25, 0.3) is 0 Å². The van der Waals surface area contributed by atoms with Crippen molar-refractivity contribution in [3.8, 4) is 0 Å². The van der Waals surface area contributed by atoms with Gasteiger partial charge < -0.3 is 15.0 Å². The zero-order valence-electron chi connectivity index (χ0n) is 13.1. The smallest absolute Gasteiger partial charge is 0.226 e. The number of morpholine rings is 1. The number of ether oxygens (including phenoxy) is 1. The molecule has 2 aromatic rings. The van der Waals surface area contributed by atoms with Crippen LogP contribution in [0.3, 0.4) is 0 Å². The molecule has 6 nitrogen and oxygen atoms in total. The maximum absolute atomic E-state index is 6.12. The van der Waals surface area contributed by atoms with Crippen LogP contribution in [0, 0.1) is 6.92 Å². The number of anilines is 2. The summed E-state index contributed by atoms with van der Waals surface area (Å²) in [5.74, 6) is 1.39. The van der Waals surface area contributed by atoms with E-state index in [4.69, 9.17) is 16.3 Å². The van der Waals surface area contributed by atoms with Crippen LogP contribution in [-0.4, -0.2) is 47.8 Å². The molecule has 0 aromatic carbocycles. The molecule has 0 unspecified atom stereocenters. The standard InChI is InChI=1S/C16H20ClN5O/c1-12-3-2-4-13(19-12)5-6-18-16-20-14(17)11-15(21-16)22-7-9-23-10-8-22/h2-4,11H,5-10H2,1H3,(H,18,20,21). The van der Waals surface area contributed by atoms with Crippen molar-refractivity contribution >= 4 is 23.4 Å². The molecule has 0 amide bonds. The molecule has 3 heterocycles. The first-order chi connectivity index (χ1) is 11.2. The molecule has 1 N–H and O–H groups in total. The number of hydrogen-bond donors (Lipinski definition) is 1. The van der Waals surface area contributed by atoms with E-state index in [0.29, 0.717) is 30.9 Å². The SMILES string of the molecule is Cc1cccc(CCNc2nc(Cl)cc(N3CCOCC3)n2)n1. The van der Waals surface area contributed by atoms with Crippen molar-refractivity contribution in [2.45, 2.75) is 13.3 Å². The van der Waals surface area contributed by atoms with Crippen LogP contribution in [0.4, 0.5) is 11.8 Å². The highest BCUT2D eigenvalue weighted by Gasteiger charge is 2.14. The van der Waals surface area contributed by atoms with Gasteiger partial charge in [-0.25, -0.2) is 4.98 Å². The summed E-state index contributed by atoms with van der Waals surface area (Å²) in [5.41, 5.74) is 2.07. The van der Waals surface area contributed by atoms with Crippen LogP contribution in [-0.2, 0) is 11.2 Å². The number of nitrogens with one attached hydrogen (secondary N) is 1. The summed E-state index contributed by atoms with van der Waals surface area (Å²) >= 11 is 6.12. The summed E-state index contributed by atoms with van der Waals surface area (Å²) in [4.78, 5) is 15.4.